The van der Waals surface area contributed by atoms with Crippen LogP contribution in [0.2, 0.25) is 5.02 Å². The van der Waals surface area contributed by atoms with Gasteiger partial charge in [0, 0.05) is 23.0 Å². The first-order chi connectivity index (χ1) is 12.5. The van der Waals surface area contributed by atoms with E-state index in [9.17, 15) is 14.7 Å². The zero-order valence-corrected chi connectivity index (χ0v) is 14.1. The van der Waals surface area contributed by atoms with Gasteiger partial charge in [-0.05, 0) is 18.2 Å². The minimum atomic E-state index is -0.708. The molecular weight excluding hydrogens is 356 g/mol. The van der Waals surface area contributed by atoms with Crippen molar-refractivity contribution in [1.82, 2.24) is 20.8 Å². The first-order valence-corrected chi connectivity index (χ1v) is 7.89. The SMILES string of the molecule is O=C(NNC(=O)c1cc(Cl)ccc1O)c1cnc(-c2ccccc2)nc1. The van der Waals surface area contributed by atoms with Crippen LogP contribution in [-0.4, -0.2) is 26.9 Å². The third-order valence-corrected chi connectivity index (χ3v) is 3.67. The zero-order valence-electron chi connectivity index (χ0n) is 13.3. The maximum Gasteiger partial charge on any atom is 0.273 e. The molecule has 0 aliphatic heterocycles. The van der Waals surface area contributed by atoms with E-state index in [-0.39, 0.29) is 21.9 Å². The van der Waals surface area contributed by atoms with Crippen molar-refractivity contribution in [2.75, 3.05) is 0 Å². The predicted molar refractivity (Wildman–Crippen MR) is 95.5 cm³/mol. The Balaban J connectivity index is 1.65. The van der Waals surface area contributed by atoms with E-state index in [1.165, 1.54) is 30.6 Å². The standard InChI is InChI=1S/C18H13ClN4O3/c19-13-6-7-15(24)14(8-13)18(26)23-22-17(25)12-9-20-16(21-10-12)11-4-2-1-3-5-11/h1-10,24H,(H,22,25)(H,23,26). The number of phenols is 1. The summed E-state index contributed by atoms with van der Waals surface area (Å²) in [5, 5.41) is 9.96. The van der Waals surface area contributed by atoms with Crippen molar-refractivity contribution >= 4 is 23.4 Å². The number of aromatic hydroxyl groups is 1. The first kappa shape index (κ1) is 17.4. The number of phenolic OH excluding ortho intramolecular Hbond substituents is 1. The lowest BCUT2D eigenvalue weighted by Crippen LogP contribution is -2.41. The fraction of sp³-hybridized carbons (Fsp3) is 0. The Hall–Kier alpha value is -3.45. The van der Waals surface area contributed by atoms with Gasteiger partial charge in [-0.15, -0.1) is 0 Å². The van der Waals surface area contributed by atoms with Crippen LogP contribution in [0, 0.1) is 0 Å². The van der Waals surface area contributed by atoms with Crippen LogP contribution in [0.1, 0.15) is 20.7 Å². The second-order valence-corrected chi connectivity index (χ2v) is 5.67. The Morgan fingerprint density at radius 2 is 1.58 bits per heavy atom. The molecule has 1 heterocycles. The van der Waals surface area contributed by atoms with Gasteiger partial charge in [-0.25, -0.2) is 9.97 Å². The number of carbonyl (C=O) groups excluding carboxylic acids is 2. The van der Waals surface area contributed by atoms with Gasteiger partial charge >= 0.3 is 0 Å². The molecule has 0 fully saturated rings. The number of halogens is 1. The van der Waals surface area contributed by atoms with Gasteiger partial charge in [0.25, 0.3) is 11.8 Å². The number of hydrogen-bond donors (Lipinski definition) is 3. The molecule has 0 unspecified atom stereocenters. The van der Waals surface area contributed by atoms with Gasteiger partial charge in [-0.2, -0.15) is 0 Å². The average molecular weight is 369 g/mol. The van der Waals surface area contributed by atoms with E-state index in [1.54, 1.807) is 0 Å². The fourth-order valence-electron chi connectivity index (χ4n) is 2.12. The van der Waals surface area contributed by atoms with Gasteiger partial charge in [0.1, 0.15) is 5.75 Å². The quantitative estimate of drug-likeness (QED) is 0.616. The van der Waals surface area contributed by atoms with Crippen molar-refractivity contribution in [2.24, 2.45) is 0 Å². The highest BCUT2D eigenvalue weighted by molar-refractivity contribution is 6.31. The van der Waals surface area contributed by atoms with Gasteiger partial charge < -0.3 is 5.11 Å². The molecule has 3 N–H and O–H groups in total. The van der Waals surface area contributed by atoms with Gasteiger partial charge in [0.2, 0.25) is 0 Å². The number of hydrogen-bond acceptors (Lipinski definition) is 5. The number of carbonyl (C=O) groups is 2. The van der Waals surface area contributed by atoms with Crippen LogP contribution in [0.4, 0.5) is 0 Å². The Morgan fingerprint density at radius 1 is 0.923 bits per heavy atom. The van der Waals surface area contributed by atoms with Crippen LogP contribution < -0.4 is 10.9 Å². The lowest BCUT2D eigenvalue weighted by molar-refractivity contribution is 0.0844. The predicted octanol–water partition coefficient (Wildman–Crippen LogP) is 2.58. The zero-order chi connectivity index (χ0) is 18.5. The largest absolute Gasteiger partial charge is 0.507 e. The number of hydrazine groups is 1. The summed E-state index contributed by atoms with van der Waals surface area (Å²) in [6, 6.07) is 13.3. The Bertz CT molecular complexity index is 946. The van der Waals surface area contributed by atoms with E-state index >= 15 is 0 Å². The van der Waals surface area contributed by atoms with Gasteiger partial charge in [-0.3, -0.25) is 20.4 Å². The van der Waals surface area contributed by atoms with Crippen molar-refractivity contribution in [2.45, 2.75) is 0 Å². The molecule has 1 aromatic heterocycles. The molecule has 7 nitrogen and oxygen atoms in total. The molecule has 2 aromatic carbocycles. The van der Waals surface area contributed by atoms with Crippen molar-refractivity contribution in [3.8, 4) is 17.1 Å². The third-order valence-electron chi connectivity index (χ3n) is 3.44. The molecule has 0 radical (unpaired) electrons. The van der Waals surface area contributed by atoms with Crippen LogP contribution >= 0.6 is 11.6 Å². The van der Waals surface area contributed by atoms with E-state index in [4.69, 9.17) is 11.6 Å². The maximum absolute atomic E-state index is 12.1. The summed E-state index contributed by atoms with van der Waals surface area (Å²) < 4.78 is 0. The second-order valence-electron chi connectivity index (χ2n) is 5.23. The second kappa shape index (κ2) is 7.62. The van der Waals surface area contributed by atoms with E-state index in [2.05, 4.69) is 20.8 Å². The lowest BCUT2D eigenvalue weighted by Gasteiger charge is -2.09. The summed E-state index contributed by atoms with van der Waals surface area (Å²) in [5.41, 5.74) is 5.36. The molecule has 26 heavy (non-hydrogen) atoms. The average Bonchev–Trinajstić information content (AvgIpc) is 2.68. The molecule has 0 bridgehead atoms. The molecule has 3 rings (SSSR count). The lowest BCUT2D eigenvalue weighted by atomic mass is 10.2. The molecule has 0 atom stereocenters. The Morgan fingerprint density at radius 3 is 2.27 bits per heavy atom. The molecule has 2 amide bonds. The smallest absolute Gasteiger partial charge is 0.273 e. The van der Waals surface area contributed by atoms with Gasteiger partial charge in [-0.1, -0.05) is 41.9 Å². The normalized spacial score (nSPS) is 10.2. The Labute approximate surface area is 153 Å². The molecule has 0 saturated carbocycles. The Kier molecular flexibility index (Phi) is 5.09. The minimum absolute atomic E-state index is 0.0616. The molecule has 0 spiro atoms. The summed E-state index contributed by atoms with van der Waals surface area (Å²) in [6.07, 6.45) is 2.71. The minimum Gasteiger partial charge on any atom is -0.507 e. The molecule has 130 valence electrons. The van der Waals surface area contributed by atoms with Crippen LogP contribution in [-0.2, 0) is 0 Å². The molecule has 0 aliphatic rings. The van der Waals surface area contributed by atoms with Crippen LogP contribution in [0.15, 0.2) is 60.9 Å². The topological polar surface area (TPSA) is 104 Å². The van der Waals surface area contributed by atoms with Crippen LogP contribution in [0.5, 0.6) is 5.75 Å². The fourth-order valence-corrected chi connectivity index (χ4v) is 2.30. The van der Waals surface area contributed by atoms with Crippen molar-refractivity contribution in [1.29, 1.82) is 0 Å². The van der Waals surface area contributed by atoms with E-state index in [0.717, 1.165) is 5.56 Å². The summed E-state index contributed by atoms with van der Waals surface area (Å²) in [4.78, 5) is 32.4. The summed E-state index contributed by atoms with van der Waals surface area (Å²) in [7, 11) is 0. The number of amides is 2. The molecule has 8 heteroatoms. The number of nitrogens with zero attached hydrogens (tertiary/aromatic N) is 2. The van der Waals surface area contributed by atoms with E-state index < -0.39 is 11.8 Å². The highest BCUT2D eigenvalue weighted by atomic mass is 35.5. The van der Waals surface area contributed by atoms with E-state index in [0.29, 0.717) is 5.82 Å². The molecule has 0 aliphatic carbocycles. The van der Waals surface area contributed by atoms with Crippen LogP contribution in [0.25, 0.3) is 11.4 Å². The van der Waals surface area contributed by atoms with Crippen LogP contribution in [0.3, 0.4) is 0 Å². The monoisotopic (exact) mass is 368 g/mol. The molecular formula is C18H13ClN4O3. The van der Waals surface area contributed by atoms with E-state index in [1.807, 2.05) is 30.3 Å². The first-order valence-electron chi connectivity index (χ1n) is 7.51. The van der Waals surface area contributed by atoms with Crippen molar-refractivity contribution in [3.63, 3.8) is 0 Å². The molecule has 0 saturated heterocycles. The number of nitrogens with one attached hydrogen (secondary N) is 2. The molecule has 3 aromatic rings. The van der Waals surface area contributed by atoms with Crippen molar-refractivity contribution in [3.05, 3.63) is 77.1 Å². The van der Waals surface area contributed by atoms with Gasteiger partial charge in [0.05, 0.1) is 11.1 Å². The van der Waals surface area contributed by atoms with Crippen molar-refractivity contribution < 1.29 is 14.7 Å². The summed E-state index contributed by atoms with van der Waals surface area (Å²) >= 11 is 5.79. The highest BCUT2D eigenvalue weighted by Gasteiger charge is 2.14. The number of rotatable bonds is 3. The number of benzene rings is 2. The number of aromatic nitrogens is 2. The maximum atomic E-state index is 12.1. The summed E-state index contributed by atoms with van der Waals surface area (Å²) in [5.74, 6) is -1.08. The van der Waals surface area contributed by atoms with Gasteiger partial charge in [0.15, 0.2) is 5.82 Å². The third kappa shape index (κ3) is 3.96. The highest BCUT2D eigenvalue weighted by Crippen LogP contribution is 2.21. The summed E-state index contributed by atoms with van der Waals surface area (Å²) in [6.45, 7) is 0.